The Morgan fingerprint density at radius 3 is 2.45 bits per heavy atom. The molecule has 1 atom stereocenters. The van der Waals surface area contributed by atoms with Crippen LogP contribution in [-0.4, -0.2) is 36.3 Å². The second-order valence-electron chi connectivity index (χ2n) is 6.43. The van der Waals surface area contributed by atoms with E-state index in [1.807, 2.05) is 14.0 Å². The molecule has 1 aliphatic heterocycles. The highest BCUT2D eigenvalue weighted by molar-refractivity contribution is 5.57. The highest BCUT2D eigenvalue weighted by atomic mass is 16.5. The van der Waals surface area contributed by atoms with E-state index >= 15 is 0 Å². The molecule has 0 amide bonds. The summed E-state index contributed by atoms with van der Waals surface area (Å²) in [4.78, 5) is 9.35. The van der Waals surface area contributed by atoms with Crippen LogP contribution in [0.4, 0.5) is 11.6 Å². The number of ether oxygens (including phenoxy) is 1. The lowest BCUT2D eigenvalue weighted by atomic mass is 9.95. The van der Waals surface area contributed by atoms with Gasteiger partial charge < -0.3 is 15.4 Å². The maximum Gasteiger partial charge on any atom is 0.138 e. The van der Waals surface area contributed by atoms with Crippen molar-refractivity contribution in [3.63, 3.8) is 0 Å². The molecule has 1 unspecified atom stereocenters. The lowest BCUT2D eigenvalue weighted by Gasteiger charge is -2.26. The zero-order chi connectivity index (χ0) is 14.8. The Kier molecular flexibility index (Phi) is 4.48. The molecular weight excluding hydrogens is 252 g/mol. The third kappa shape index (κ3) is 3.39. The lowest BCUT2D eigenvalue weighted by Crippen LogP contribution is -2.31. The number of hydrogen-bond acceptors (Lipinski definition) is 5. The summed E-state index contributed by atoms with van der Waals surface area (Å²) in [6.45, 7) is 10.1. The van der Waals surface area contributed by atoms with Gasteiger partial charge in [-0.25, -0.2) is 9.97 Å². The fourth-order valence-corrected chi connectivity index (χ4v) is 2.28. The second kappa shape index (κ2) is 5.95. The largest absolute Gasteiger partial charge is 0.379 e. The van der Waals surface area contributed by atoms with Crippen molar-refractivity contribution in [2.24, 2.45) is 0 Å². The molecule has 5 heteroatoms. The van der Waals surface area contributed by atoms with Crippen LogP contribution in [0, 0.1) is 6.92 Å². The molecular formula is C15H26N4O. The molecule has 1 fully saturated rings. The molecule has 112 valence electrons. The van der Waals surface area contributed by atoms with Gasteiger partial charge in [0.1, 0.15) is 17.5 Å². The van der Waals surface area contributed by atoms with E-state index in [9.17, 15) is 0 Å². The molecule has 0 aromatic carbocycles. The van der Waals surface area contributed by atoms with Crippen molar-refractivity contribution in [1.29, 1.82) is 0 Å². The van der Waals surface area contributed by atoms with Crippen LogP contribution in [0.25, 0.3) is 0 Å². The molecule has 2 heterocycles. The Morgan fingerprint density at radius 1 is 1.20 bits per heavy atom. The van der Waals surface area contributed by atoms with Gasteiger partial charge >= 0.3 is 0 Å². The highest BCUT2D eigenvalue weighted by Gasteiger charge is 2.22. The minimum absolute atomic E-state index is 0.0706. The third-order valence-electron chi connectivity index (χ3n) is 3.55. The van der Waals surface area contributed by atoms with Gasteiger partial charge in [-0.3, -0.25) is 0 Å². The lowest BCUT2D eigenvalue weighted by molar-refractivity contribution is 0.0875. The van der Waals surface area contributed by atoms with Gasteiger partial charge in [0.25, 0.3) is 0 Å². The van der Waals surface area contributed by atoms with E-state index in [4.69, 9.17) is 9.72 Å². The molecule has 1 aromatic rings. The summed E-state index contributed by atoms with van der Waals surface area (Å²) in [6.07, 6.45) is 2.23. The third-order valence-corrected chi connectivity index (χ3v) is 3.55. The van der Waals surface area contributed by atoms with E-state index < -0.39 is 0 Å². The summed E-state index contributed by atoms with van der Waals surface area (Å²) in [6, 6.07) is 0.342. The molecule has 0 saturated carbocycles. The number of nitrogens with zero attached hydrogens (tertiary/aromatic N) is 2. The van der Waals surface area contributed by atoms with Crippen molar-refractivity contribution in [2.75, 3.05) is 30.9 Å². The average molecular weight is 278 g/mol. The van der Waals surface area contributed by atoms with Crippen molar-refractivity contribution in [3.05, 3.63) is 11.4 Å². The van der Waals surface area contributed by atoms with Crippen molar-refractivity contribution in [2.45, 2.75) is 52.0 Å². The standard InChI is InChI=1S/C15H26N4O/c1-10-12(16-5)18-14(15(2,3)4)19-13(10)17-11-7-6-8-20-9-11/h11H,6-9H2,1-5H3,(H2,16,17,18,19). The van der Waals surface area contributed by atoms with Crippen molar-refractivity contribution < 1.29 is 4.74 Å². The van der Waals surface area contributed by atoms with E-state index in [1.54, 1.807) is 0 Å². The fraction of sp³-hybridized carbons (Fsp3) is 0.733. The van der Waals surface area contributed by atoms with Gasteiger partial charge in [0.2, 0.25) is 0 Å². The van der Waals surface area contributed by atoms with Crippen LogP contribution in [0.3, 0.4) is 0 Å². The minimum Gasteiger partial charge on any atom is -0.379 e. The van der Waals surface area contributed by atoms with Gasteiger partial charge in [-0.15, -0.1) is 0 Å². The molecule has 1 saturated heterocycles. The first-order chi connectivity index (χ1) is 9.41. The quantitative estimate of drug-likeness (QED) is 0.890. The Balaban J connectivity index is 2.30. The van der Waals surface area contributed by atoms with Gasteiger partial charge in [-0.2, -0.15) is 0 Å². The topological polar surface area (TPSA) is 59.1 Å². The van der Waals surface area contributed by atoms with Gasteiger partial charge in [-0.05, 0) is 19.8 Å². The molecule has 0 radical (unpaired) electrons. The summed E-state index contributed by atoms with van der Waals surface area (Å²) in [5, 5.41) is 6.68. The molecule has 2 rings (SSSR count). The first kappa shape index (κ1) is 15.0. The van der Waals surface area contributed by atoms with E-state index in [0.29, 0.717) is 6.04 Å². The number of rotatable bonds is 3. The van der Waals surface area contributed by atoms with E-state index in [2.05, 4.69) is 36.4 Å². The summed E-state index contributed by atoms with van der Waals surface area (Å²) < 4.78 is 5.53. The number of anilines is 2. The first-order valence-corrected chi connectivity index (χ1v) is 7.33. The molecule has 20 heavy (non-hydrogen) atoms. The average Bonchev–Trinajstić information content (AvgIpc) is 2.41. The zero-order valence-corrected chi connectivity index (χ0v) is 13.2. The van der Waals surface area contributed by atoms with Gasteiger partial charge in [0.15, 0.2) is 0 Å². The van der Waals surface area contributed by atoms with Gasteiger partial charge in [-0.1, -0.05) is 20.8 Å². The highest BCUT2D eigenvalue weighted by Crippen LogP contribution is 2.27. The molecule has 1 aromatic heterocycles. The maximum absolute atomic E-state index is 5.53. The Morgan fingerprint density at radius 2 is 1.90 bits per heavy atom. The summed E-state index contributed by atoms with van der Waals surface area (Å²) in [7, 11) is 1.90. The van der Waals surface area contributed by atoms with Crippen molar-refractivity contribution in [1.82, 2.24) is 9.97 Å². The summed E-state index contributed by atoms with van der Waals surface area (Å²) in [5.74, 6) is 2.67. The molecule has 0 bridgehead atoms. The maximum atomic E-state index is 5.53. The predicted molar refractivity (Wildman–Crippen MR) is 82.5 cm³/mol. The van der Waals surface area contributed by atoms with Crippen LogP contribution in [-0.2, 0) is 10.2 Å². The van der Waals surface area contributed by atoms with Crippen LogP contribution < -0.4 is 10.6 Å². The summed E-state index contributed by atoms with van der Waals surface area (Å²) >= 11 is 0. The smallest absolute Gasteiger partial charge is 0.138 e. The fourth-order valence-electron chi connectivity index (χ4n) is 2.28. The predicted octanol–water partition coefficient (Wildman–Crippen LogP) is 2.72. The Labute approximate surface area is 121 Å². The van der Waals surface area contributed by atoms with Gasteiger partial charge in [0, 0.05) is 24.6 Å². The van der Waals surface area contributed by atoms with Crippen LogP contribution in [0.1, 0.15) is 45.0 Å². The first-order valence-electron chi connectivity index (χ1n) is 7.33. The molecule has 1 aliphatic rings. The van der Waals surface area contributed by atoms with Crippen molar-refractivity contribution >= 4 is 11.6 Å². The second-order valence-corrected chi connectivity index (χ2v) is 6.43. The van der Waals surface area contributed by atoms with Crippen LogP contribution in [0.15, 0.2) is 0 Å². The molecule has 5 nitrogen and oxygen atoms in total. The normalized spacial score (nSPS) is 19.8. The molecule has 0 spiro atoms. The van der Waals surface area contributed by atoms with E-state index in [-0.39, 0.29) is 5.41 Å². The van der Waals surface area contributed by atoms with Crippen LogP contribution >= 0.6 is 0 Å². The monoisotopic (exact) mass is 278 g/mol. The zero-order valence-electron chi connectivity index (χ0n) is 13.2. The SMILES string of the molecule is CNc1nc(C(C)(C)C)nc(NC2CCCOC2)c1C. The van der Waals surface area contributed by atoms with E-state index in [1.165, 1.54) is 0 Å². The number of hydrogen-bond donors (Lipinski definition) is 2. The number of aromatic nitrogens is 2. The van der Waals surface area contributed by atoms with E-state index in [0.717, 1.165) is 49.1 Å². The summed E-state index contributed by atoms with van der Waals surface area (Å²) in [5.41, 5.74) is 0.991. The molecule has 0 aliphatic carbocycles. The van der Waals surface area contributed by atoms with Crippen LogP contribution in [0.5, 0.6) is 0 Å². The Bertz CT molecular complexity index is 462. The van der Waals surface area contributed by atoms with Crippen LogP contribution in [0.2, 0.25) is 0 Å². The molecule has 2 N–H and O–H groups in total. The Hall–Kier alpha value is -1.36. The van der Waals surface area contributed by atoms with Gasteiger partial charge in [0.05, 0.1) is 12.6 Å². The minimum atomic E-state index is -0.0706. The number of nitrogens with one attached hydrogen (secondary N) is 2. The van der Waals surface area contributed by atoms with Crippen molar-refractivity contribution in [3.8, 4) is 0 Å².